The first-order chi connectivity index (χ1) is 5.74. The Labute approximate surface area is 71.7 Å². The summed E-state index contributed by atoms with van der Waals surface area (Å²) in [6, 6.07) is 0. The third-order valence-electron chi connectivity index (χ3n) is 2.11. The summed E-state index contributed by atoms with van der Waals surface area (Å²) in [5, 5.41) is 28.8. The highest BCUT2D eigenvalue weighted by Crippen LogP contribution is 2.09. The molecule has 4 nitrogen and oxygen atoms in total. The average Bonchev–Trinajstić information content (AvgIpc) is 2.09. The average molecular weight is 173 g/mol. The van der Waals surface area contributed by atoms with Gasteiger partial charge in [-0.1, -0.05) is 0 Å². The van der Waals surface area contributed by atoms with Crippen molar-refractivity contribution in [1.29, 1.82) is 0 Å². The summed E-state index contributed by atoms with van der Waals surface area (Å²) in [6.45, 7) is 0.269. The van der Waals surface area contributed by atoms with Gasteiger partial charge < -0.3 is 15.4 Å². The fourth-order valence-corrected chi connectivity index (χ4v) is 1.41. The van der Waals surface area contributed by atoms with Crippen molar-refractivity contribution >= 4 is 5.71 Å². The van der Waals surface area contributed by atoms with Crippen molar-refractivity contribution in [3.05, 3.63) is 5.21 Å². The molecule has 1 atom stereocenters. The van der Waals surface area contributed by atoms with Gasteiger partial charge in [0.15, 0.2) is 12.3 Å². The lowest BCUT2D eigenvalue weighted by molar-refractivity contribution is -0.465. The van der Waals surface area contributed by atoms with Crippen molar-refractivity contribution in [3.63, 3.8) is 0 Å². The highest BCUT2D eigenvalue weighted by molar-refractivity contribution is 5.80. The summed E-state index contributed by atoms with van der Waals surface area (Å²) in [5.41, 5.74) is 0.725. The van der Waals surface area contributed by atoms with E-state index in [1.807, 2.05) is 0 Å². The van der Waals surface area contributed by atoms with Crippen LogP contribution in [0.5, 0.6) is 0 Å². The van der Waals surface area contributed by atoms with Gasteiger partial charge in [-0.05, 0) is 6.42 Å². The fraction of sp³-hybridized carbons (Fsp3) is 0.875. The number of rotatable bonds is 3. The highest BCUT2D eigenvalue weighted by atomic mass is 16.5. The van der Waals surface area contributed by atoms with Crippen molar-refractivity contribution in [2.45, 2.75) is 31.8 Å². The van der Waals surface area contributed by atoms with Gasteiger partial charge in [0.25, 0.3) is 0 Å². The molecule has 0 bridgehead atoms. The van der Waals surface area contributed by atoms with Gasteiger partial charge in [0.05, 0.1) is 19.1 Å². The van der Waals surface area contributed by atoms with E-state index in [1.54, 1.807) is 0 Å². The fourth-order valence-electron chi connectivity index (χ4n) is 1.41. The Kier molecular flexibility index (Phi) is 3.49. The van der Waals surface area contributed by atoms with Crippen molar-refractivity contribution in [2.75, 3.05) is 13.2 Å². The molecule has 0 aromatic carbocycles. The SMILES string of the molecule is [O-][N+]1=C(CC(O)CO)CCCC1. The molecule has 0 spiro atoms. The second-order valence-corrected chi connectivity index (χ2v) is 3.17. The van der Waals surface area contributed by atoms with Crippen LogP contribution in [-0.2, 0) is 0 Å². The molecule has 1 heterocycles. The van der Waals surface area contributed by atoms with Crippen LogP contribution in [0.2, 0.25) is 0 Å². The predicted molar refractivity (Wildman–Crippen MR) is 45.1 cm³/mol. The van der Waals surface area contributed by atoms with Crippen LogP contribution in [0.25, 0.3) is 0 Å². The van der Waals surface area contributed by atoms with E-state index in [1.165, 1.54) is 0 Å². The number of hydrogen-bond donors (Lipinski definition) is 2. The zero-order valence-corrected chi connectivity index (χ0v) is 7.07. The number of nitrogens with zero attached hydrogens (tertiary/aromatic N) is 1. The van der Waals surface area contributed by atoms with Crippen LogP contribution in [0.15, 0.2) is 0 Å². The Morgan fingerprint density at radius 3 is 2.83 bits per heavy atom. The normalized spacial score (nSPS) is 21.2. The molecule has 1 rings (SSSR count). The third kappa shape index (κ3) is 2.46. The van der Waals surface area contributed by atoms with Gasteiger partial charge >= 0.3 is 0 Å². The van der Waals surface area contributed by atoms with E-state index in [2.05, 4.69) is 0 Å². The largest absolute Gasteiger partial charge is 0.624 e. The molecule has 2 N–H and O–H groups in total. The number of aliphatic hydroxyl groups excluding tert-OH is 2. The van der Waals surface area contributed by atoms with Gasteiger partial charge in [0.2, 0.25) is 0 Å². The van der Waals surface area contributed by atoms with Crippen LogP contribution in [0, 0.1) is 5.21 Å². The van der Waals surface area contributed by atoms with Crippen LogP contribution >= 0.6 is 0 Å². The smallest absolute Gasteiger partial charge is 0.166 e. The van der Waals surface area contributed by atoms with E-state index in [0.29, 0.717) is 13.0 Å². The molecule has 1 aliphatic heterocycles. The van der Waals surface area contributed by atoms with E-state index in [0.717, 1.165) is 29.7 Å². The van der Waals surface area contributed by atoms with Crippen LogP contribution in [0.4, 0.5) is 0 Å². The molecule has 0 saturated carbocycles. The molecule has 0 amide bonds. The van der Waals surface area contributed by atoms with Crippen molar-refractivity contribution in [3.8, 4) is 0 Å². The summed E-state index contributed by atoms with van der Waals surface area (Å²) in [6.07, 6.45) is 2.27. The Bertz CT molecular complexity index is 179. The predicted octanol–water partition coefficient (Wildman–Crippen LogP) is -0.135. The second kappa shape index (κ2) is 4.42. The quantitative estimate of drug-likeness (QED) is 0.461. The van der Waals surface area contributed by atoms with Gasteiger partial charge in [-0.25, -0.2) is 4.74 Å². The Hall–Kier alpha value is -0.610. The second-order valence-electron chi connectivity index (χ2n) is 3.17. The van der Waals surface area contributed by atoms with Gasteiger partial charge in [-0.15, -0.1) is 0 Å². The highest BCUT2D eigenvalue weighted by Gasteiger charge is 2.18. The van der Waals surface area contributed by atoms with E-state index >= 15 is 0 Å². The molecule has 12 heavy (non-hydrogen) atoms. The van der Waals surface area contributed by atoms with Crippen molar-refractivity contribution in [1.82, 2.24) is 0 Å². The standard InChI is InChI=1S/C8H15NO3/c10-6-8(11)5-7-3-1-2-4-9(7)12/h8,10-11H,1-6H2. The van der Waals surface area contributed by atoms with Crippen LogP contribution < -0.4 is 0 Å². The third-order valence-corrected chi connectivity index (χ3v) is 2.11. The molecule has 4 heteroatoms. The zero-order valence-electron chi connectivity index (χ0n) is 7.07. The molecule has 0 aromatic heterocycles. The molecule has 0 radical (unpaired) electrons. The maximum Gasteiger partial charge on any atom is 0.166 e. The van der Waals surface area contributed by atoms with E-state index in [9.17, 15) is 5.21 Å². The van der Waals surface area contributed by atoms with Gasteiger partial charge in [-0.2, -0.15) is 0 Å². The molecule has 0 aliphatic carbocycles. The molecule has 0 fully saturated rings. The minimum atomic E-state index is -0.769. The summed E-state index contributed by atoms with van der Waals surface area (Å²) in [4.78, 5) is 0. The maximum atomic E-state index is 11.1. The Morgan fingerprint density at radius 2 is 2.25 bits per heavy atom. The lowest BCUT2D eigenvalue weighted by atomic mass is 10.0. The Balaban J connectivity index is 2.48. The van der Waals surface area contributed by atoms with Crippen molar-refractivity contribution in [2.24, 2.45) is 0 Å². The first-order valence-corrected chi connectivity index (χ1v) is 4.32. The minimum Gasteiger partial charge on any atom is -0.624 e. The van der Waals surface area contributed by atoms with Crippen molar-refractivity contribution < 1.29 is 15.0 Å². The molecule has 1 unspecified atom stereocenters. The summed E-state index contributed by atoms with van der Waals surface area (Å²) in [7, 11) is 0. The molecular formula is C8H15NO3. The van der Waals surface area contributed by atoms with Crippen LogP contribution in [0.1, 0.15) is 25.7 Å². The lowest BCUT2D eigenvalue weighted by Crippen LogP contribution is -2.27. The minimum absolute atomic E-state index is 0.267. The van der Waals surface area contributed by atoms with Crippen LogP contribution in [-0.4, -0.2) is 39.9 Å². The van der Waals surface area contributed by atoms with Crippen LogP contribution in [0.3, 0.4) is 0 Å². The maximum absolute atomic E-state index is 11.1. The van der Waals surface area contributed by atoms with E-state index in [-0.39, 0.29) is 6.61 Å². The zero-order chi connectivity index (χ0) is 8.97. The summed E-state index contributed by atoms with van der Waals surface area (Å²) in [5.74, 6) is 0. The lowest BCUT2D eigenvalue weighted by Gasteiger charge is -2.16. The van der Waals surface area contributed by atoms with E-state index in [4.69, 9.17) is 10.2 Å². The van der Waals surface area contributed by atoms with Gasteiger partial charge in [-0.3, -0.25) is 0 Å². The first kappa shape index (κ1) is 9.48. The molecular weight excluding hydrogens is 158 g/mol. The Morgan fingerprint density at radius 1 is 1.50 bits per heavy atom. The molecule has 0 aromatic rings. The summed E-state index contributed by atoms with van der Waals surface area (Å²) < 4.78 is 0.947. The number of hydrogen-bond acceptors (Lipinski definition) is 3. The first-order valence-electron chi connectivity index (χ1n) is 4.32. The molecule has 1 aliphatic rings. The monoisotopic (exact) mass is 173 g/mol. The number of hydroxylamine groups is 1. The van der Waals surface area contributed by atoms with Gasteiger partial charge in [0, 0.05) is 12.8 Å². The molecule has 0 saturated heterocycles. The van der Waals surface area contributed by atoms with E-state index < -0.39 is 6.10 Å². The topological polar surface area (TPSA) is 66.5 Å². The summed E-state index contributed by atoms with van der Waals surface area (Å²) >= 11 is 0. The number of aliphatic hydroxyl groups is 2. The molecule has 70 valence electrons. The van der Waals surface area contributed by atoms with Gasteiger partial charge in [0.1, 0.15) is 0 Å².